The van der Waals surface area contributed by atoms with Crippen molar-refractivity contribution in [1.29, 1.82) is 0 Å². The van der Waals surface area contributed by atoms with Crippen molar-refractivity contribution in [2.45, 2.75) is 38.1 Å². The number of allylic oxidation sites excluding steroid dienone is 1. The number of aromatic nitrogens is 1. The van der Waals surface area contributed by atoms with E-state index in [1.54, 1.807) is 0 Å². The van der Waals surface area contributed by atoms with Gasteiger partial charge >= 0.3 is 0 Å². The van der Waals surface area contributed by atoms with Crippen molar-refractivity contribution >= 4 is 0 Å². The summed E-state index contributed by atoms with van der Waals surface area (Å²) in [6.45, 7) is 0. The molecule has 0 radical (unpaired) electrons. The van der Waals surface area contributed by atoms with Crippen molar-refractivity contribution in [1.82, 2.24) is 4.98 Å². The summed E-state index contributed by atoms with van der Waals surface area (Å²) in [6.07, 6.45) is 11.9. The van der Waals surface area contributed by atoms with Crippen molar-refractivity contribution in [2.24, 2.45) is 5.73 Å². The summed E-state index contributed by atoms with van der Waals surface area (Å²) in [7, 11) is 0. The first-order chi connectivity index (χ1) is 7.34. The first-order valence-electron chi connectivity index (χ1n) is 5.68. The lowest BCUT2D eigenvalue weighted by molar-refractivity contribution is 0.654. The maximum atomic E-state index is 5.99. The van der Waals surface area contributed by atoms with Gasteiger partial charge in [-0.2, -0.15) is 0 Å². The second-order valence-corrected chi connectivity index (χ2v) is 4.27. The molecule has 0 fully saturated rings. The minimum absolute atomic E-state index is 0.263. The van der Waals surface area contributed by atoms with Crippen LogP contribution in [0.5, 0.6) is 0 Å². The summed E-state index contributed by atoms with van der Waals surface area (Å²) < 4.78 is 0. The Morgan fingerprint density at radius 2 is 2.33 bits per heavy atom. The van der Waals surface area contributed by atoms with Crippen molar-refractivity contribution in [2.75, 3.05) is 0 Å². The molecule has 1 heterocycles. The van der Waals surface area contributed by atoms with E-state index in [-0.39, 0.29) is 6.04 Å². The number of pyridine rings is 1. The van der Waals surface area contributed by atoms with Gasteiger partial charge in [0.1, 0.15) is 0 Å². The minimum Gasteiger partial charge on any atom is -0.324 e. The Labute approximate surface area is 91.2 Å². The van der Waals surface area contributed by atoms with E-state index in [9.17, 15) is 0 Å². The van der Waals surface area contributed by atoms with E-state index in [0.717, 1.165) is 12.8 Å². The molecule has 0 saturated carbocycles. The van der Waals surface area contributed by atoms with Crippen LogP contribution in [0.25, 0.3) is 0 Å². The van der Waals surface area contributed by atoms with Crippen LogP contribution in [0.4, 0.5) is 0 Å². The van der Waals surface area contributed by atoms with Crippen LogP contribution in [0.2, 0.25) is 0 Å². The molecule has 1 aliphatic rings. The summed E-state index contributed by atoms with van der Waals surface area (Å²) >= 11 is 0. The SMILES string of the molecule is NC1C=C(Cc2cccnc2)CCCC1. The molecule has 1 aromatic rings. The van der Waals surface area contributed by atoms with Gasteiger partial charge in [0.2, 0.25) is 0 Å². The fraction of sp³-hybridized carbons (Fsp3) is 0.462. The Bertz CT molecular complexity index is 330. The third kappa shape index (κ3) is 3.17. The van der Waals surface area contributed by atoms with Crippen molar-refractivity contribution in [3.05, 3.63) is 41.7 Å². The van der Waals surface area contributed by atoms with E-state index in [1.165, 1.54) is 30.4 Å². The zero-order chi connectivity index (χ0) is 10.5. The number of nitrogens with two attached hydrogens (primary N) is 1. The molecule has 2 nitrogen and oxygen atoms in total. The third-order valence-corrected chi connectivity index (χ3v) is 2.89. The second-order valence-electron chi connectivity index (χ2n) is 4.27. The zero-order valence-corrected chi connectivity index (χ0v) is 9.02. The van der Waals surface area contributed by atoms with Gasteiger partial charge in [-0.1, -0.05) is 24.1 Å². The highest BCUT2D eigenvalue weighted by molar-refractivity contribution is 5.20. The molecule has 1 aromatic heterocycles. The molecular formula is C13H18N2. The van der Waals surface area contributed by atoms with Crippen molar-refractivity contribution in [3.8, 4) is 0 Å². The predicted molar refractivity (Wildman–Crippen MR) is 62.5 cm³/mol. The molecule has 1 unspecified atom stereocenters. The standard InChI is InChI=1S/C13H18N2/c14-13-6-2-1-4-11(9-13)8-12-5-3-7-15-10-12/h3,5,7,9-10,13H,1-2,4,6,8,14H2. The summed E-state index contributed by atoms with van der Waals surface area (Å²) in [5.41, 5.74) is 8.76. The maximum Gasteiger partial charge on any atom is 0.0303 e. The average molecular weight is 202 g/mol. The van der Waals surface area contributed by atoms with Gasteiger partial charge in [-0.05, 0) is 37.3 Å². The Balaban J connectivity index is 2.04. The van der Waals surface area contributed by atoms with Gasteiger partial charge in [-0.15, -0.1) is 0 Å². The molecule has 2 heteroatoms. The Morgan fingerprint density at radius 1 is 1.40 bits per heavy atom. The monoisotopic (exact) mass is 202 g/mol. The van der Waals surface area contributed by atoms with Gasteiger partial charge in [-0.3, -0.25) is 4.98 Å². The number of hydrogen-bond acceptors (Lipinski definition) is 2. The quantitative estimate of drug-likeness (QED) is 0.748. The second kappa shape index (κ2) is 5.08. The first-order valence-corrected chi connectivity index (χ1v) is 5.68. The smallest absolute Gasteiger partial charge is 0.0303 e. The highest BCUT2D eigenvalue weighted by Gasteiger charge is 2.08. The van der Waals surface area contributed by atoms with Crippen LogP contribution in [0, 0.1) is 0 Å². The minimum atomic E-state index is 0.263. The molecule has 1 atom stereocenters. The van der Waals surface area contributed by atoms with E-state index in [0.29, 0.717) is 0 Å². The fourth-order valence-corrected chi connectivity index (χ4v) is 2.11. The third-order valence-electron chi connectivity index (χ3n) is 2.89. The van der Waals surface area contributed by atoms with Gasteiger partial charge in [0.05, 0.1) is 0 Å². The number of nitrogens with zero attached hydrogens (tertiary/aromatic N) is 1. The van der Waals surface area contributed by atoms with E-state index < -0.39 is 0 Å². The molecule has 15 heavy (non-hydrogen) atoms. The van der Waals surface area contributed by atoms with Gasteiger partial charge in [0, 0.05) is 18.4 Å². The van der Waals surface area contributed by atoms with Crippen LogP contribution in [-0.4, -0.2) is 11.0 Å². The van der Waals surface area contributed by atoms with E-state index in [4.69, 9.17) is 5.73 Å². The van der Waals surface area contributed by atoms with Crippen LogP contribution in [-0.2, 0) is 6.42 Å². The summed E-state index contributed by atoms with van der Waals surface area (Å²) in [6, 6.07) is 4.38. The topological polar surface area (TPSA) is 38.9 Å². The van der Waals surface area contributed by atoms with E-state index in [1.807, 2.05) is 18.5 Å². The Hall–Kier alpha value is -1.15. The van der Waals surface area contributed by atoms with Crippen LogP contribution < -0.4 is 5.73 Å². The van der Waals surface area contributed by atoms with E-state index in [2.05, 4.69) is 17.1 Å². The molecule has 0 aliphatic heterocycles. The highest BCUT2D eigenvalue weighted by atomic mass is 14.6. The maximum absolute atomic E-state index is 5.99. The first kappa shape index (κ1) is 10.4. The molecule has 0 saturated heterocycles. The lowest BCUT2D eigenvalue weighted by atomic mass is 10.0. The molecule has 1 aliphatic carbocycles. The van der Waals surface area contributed by atoms with E-state index >= 15 is 0 Å². The van der Waals surface area contributed by atoms with Gasteiger partial charge in [0.15, 0.2) is 0 Å². The number of rotatable bonds is 2. The molecule has 80 valence electrons. The highest BCUT2D eigenvalue weighted by Crippen LogP contribution is 2.19. The van der Waals surface area contributed by atoms with Gasteiger partial charge in [-0.25, -0.2) is 0 Å². The lowest BCUT2D eigenvalue weighted by Crippen LogP contribution is -2.16. The Kier molecular flexibility index (Phi) is 3.51. The zero-order valence-electron chi connectivity index (χ0n) is 9.02. The molecule has 0 aromatic carbocycles. The number of hydrogen-bond donors (Lipinski definition) is 1. The molecule has 0 spiro atoms. The van der Waals surface area contributed by atoms with Crippen LogP contribution in [0.3, 0.4) is 0 Å². The Morgan fingerprint density at radius 3 is 3.13 bits per heavy atom. The summed E-state index contributed by atoms with van der Waals surface area (Å²) in [4.78, 5) is 4.13. The fourth-order valence-electron chi connectivity index (χ4n) is 2.11. The van der Waals surface area contributed by atoms with Crippen LogP contribution >= 0.6 is 0 Å². The molecule has 0 bridgehead atoms. The molecule has 0 amide bonds. The van der Waals surface area contributed by atoms with Gasteiger partial charge < -0.3 is 5.73 Å². The van der Waals surface area contributed by atoms with Crippen LogP contribution in [0.15, 0.2) is 36.2 Å². The van der Waals surface area contributed by atoms with Crippen molar-refractivity contribution < 1.29 is 0 Å². The normalized spacial score (nSPS) is 21.9. The molecular weight excluding hydrogens is 184 g/mol. The summed E-state index contributed by atoms with van der Waals surface area (Å²) in [5.74, 6) is 0. The predicted octanol–water partition coefficient (Wildman–Crippen LogP) is 2.45. The largest absolute Gasteiger partial charge is 0.324 e. The molecule has 2 N–H and O–H groups in total. The molecule has 2 rings (SSSR count). The van der Waals surface area contributed by atoms with Crippen LogP contribution in [0.1, 0.15) is 31.2 Å². The average Bonchev–Trinajstić information content (AvgIpc) is 2.44. The summed E-state index contributed by atoms with van der Waals surface area (Å²) in [5, 5.41) is 0. The van der Waals surface area contributed by atoms with Crippen molar-refractivity contribution in [3.63, 3.8) is 0 Å². The lowest BCUT2D eigenvalue weighted by Gasteiger charge is -2.06. The van der Waals surface area contributed by atoms with Gasteiger partial charge in [0.25, 0.3) is 0 Å².